The number of hydrogen-bond donors (Lipinski definition) is 1. The van der Waals surface area contributed by atoms with Crippen LogP contribution in [0.5, 0.6) is 0 Å². The Balaban J connectivity index is 2.55. The molecule has 0 aliphatic carbocycles. The molecule has 0 spiro atoms. The second-order valence-electron chi connectivity index (χ2n) is 4.12. The zero-order chi connectivity index (χ0) is 11.5. The van der Waals surface area contributed by atoms with E-state index in [1.54, 1.807) is 26.8 Å². The Morgan fingerprint density at radius 3 is 2.80 bits per heavy atom. The van der Waals surface area contributed by atoms with Gasteiger partial charge in [-0.3, -0.25) is 4.79 Å². The Hall–Kier alpha value is -1.76. The quantitative estimate of drug-likeness (QED) is 0.820. The van der Waals surface area contributed by atoms with Crippen LogP contribution in [0.25, 0.3) is 0 Å². The zero-order valence-electron chi connectivity index (χ0n) is 9.13. The van der Waals surface area contributed by atoms with E-state index in [-0.39, 0.29) is 5.91 Å². The zero-order valence-corrected chi connectivity index (χ0v) is 9.13. The number of furan rings is 1. The van der Waals surface area contributed by atoms with Crippen molar-refractivity contribution in [1.82, 2.24) is 5.32 Å². The summed E-state index contributed by atoms with van der Waals surface area (Å²) < 4.78 is 5.02. The summed E-state index contributed by atoms with van der Waals surface area (Å²) in [4.78, 5) is 11.5. The maximum atomic E-state index is 11.5. The first-order valence-corrected chi connectivity index (χ1v) is 4.69. The van der Waals surface area contributed by atoms with Gasteiger partial charge < -0.3 is 9.73 Å². The van der Waals surface area contributed by atoms with Crippen molar-refractivity contribution < 1.29 is 9.21 Å². The number of rotatable bonds is 3. The first-order valence-electron chi connectivity index (χ1n) is 4.69. The Morgan fingerprint density at radius 2 is 2.33 bits per heavy atom. The van der Waals surface area contributed by atoms with E-state index in [1.165, 1.54) is 6.26 Å². The summed E-state index contributed by atoms with van der Waals surface area (Å²) in [5, 5.41) is 11.4. The van der Waals surface area contributed by atoms with Crippen molar-refractivity contribution in [2.45, 2.75) is 20.8 Å². The lowest BCUT2D eigenvalue weighted by Crippen LogP contribution is -2.32. The second kappa shape index (κ2) is 4.18. The molecule has 4 heteroatoms. The minimum absolute atomic E-state index is 0.213. The van der Waals surface area contributed by atoms with Crippen LogP contribution in [0.4, 0.5) is 0 Å². The van der Waals surface area contributed by atoms with Gasteiger partial charge in [0.05, 0.1) is 17.0 Å². The highest BCUT2D eigenvalue weighted by atomic mass is 16.3. The van der Waals surface area contributed by atoms with E-state index >= 15 is 0 Å². The molecule has 1 amide bonds. The lowest BCUT2D eigenvalue weighted by Gasteiger charge is -2.15. The van der Waals surface area contributed by atoms with Gasteiger partial charge in [0, 0.05) is 6.54 Å². The number of carbonyl (C=O) groups excluding carboxylic acids is 1. The molecule has 1 aromatic rings. The topological polar surface area (TPSA) is 66.0 Å². The van der Waals surface area contributed by atoms with Gasteiger partial charge in [-0.15, -0.1) is 0 Å². The van der Waals surface area contributed by atoms with Crippen LogP contribution in [0.15, 0.2) is 16.7 Å². The van der Waals surface area contributed by atoms with E-state index in [1.807, 2.05) is 0 Å². The average Bonchev–Trinajstić information content (AvgIpc) is 2.61. The standard InChI is InChI=1S/C11H14N2O2/c1-8-4-9(5-15-8)10(14)13-7-11(2,3)6-12/h4-5H,7H2,1-3H3,(H,13,14). The largest absolute Gasteiger partial charge is 0.469 e. The summed E-state index contributed by atoms with van der Waals surface area (Å²) in [6, 6.07) is 3.78. The van der Waals surface area contributed by atoms with Gasteiger partial charge in [-0.05, 0) is 26.8 Å². The molecule has 0 atom stereocenters. The SMILES string of the molecule is Cc1cc(C(=O)NCC(C)(C)C#N)co1. The van der Waals surface area contributed by atoms with Gasteiger partial charge in [0.15, 0.2) is 0 Å². The third kappa shape index (κ3) is 3.13. The van der Waals surface area contributed by atoms with E-state index in [0.717, 1.165) is 0 Å². The number of amides is 1. The molecule has 0 saturated carbocycles. The molecule has 0 aliphatic heterocycles. The predicted molar refractivity (Wildman–Crippen MR) is 55.2 cm³/mol. The van der Waals surface area contributed by atoms with E-state index in [2.05, 4.69) is 11.4 Å². The molecular weight excluding hydrogens is 192 g/mol. The van der Waals surface area contributed by atoms with Crippen molar-refractivity contribution >= 4 is 5.91 Å². The Labute approximate surface area is 88.9 Å². The van der Waals surface area contributed by atoms with E-state index < -0.39 is 5.41 Å². The fourth-order valence-electron chi connectivity index (χ4n) is 1.01. The Bertz CT molecular complexity index is 399. The number of carbonyl (C=O) groups is 1. The van der Waals surface area contributed by atoms with Crippen molar-refractivity contribution in [3.63, 3.8) is 0 Å². The van der Waals surface area contributed by atoms with Crippen LogP contribution in [-0.4, -0.2) is 12.5 Å². The molecule has 80 valence electrons. The van der Waals surface area contributed by atoms with Gasteiger partial charge in [0.1, 0.15) is 12.0 Å². The summed E-state index contributed by atoms with van der Waals surface area (Å²) in [7, 11) is 0. The Morgan fingerprint density at radius 1 is 1.67 bits per heavy atom. The summed E-state index contributed by atoms with van der Waals surface area (Å²) in [6.45, 7) is 5.64. The van der Waals surface area contributed by atoms with E-state index in [9.17, 15) is 4.79 Å². The number of nitrogens with one attached hydrogen (secondary N) is 1. The van der Waals surface area contributed by atoms with Crippen molar-refractivity contribution in [3.8, 4) is 6.07 Å². The molecule has 0 aliphatic rings. The lowest BCUT2D eigenvalue weighted by atomic mass is 9.96. The van der Waals surface area contributed by atoms with Gasteiger partial charge in [-0.1, -0.05) is 0 Å². The van der Waals surface area contributed by atoms with E-state index in [0.29, 0.717) is 17.9 Å². The van der Waals surface area contributed by atoms with Gasteiger partial charge in [0.25, 0.3) is 5.91 Å². The minimum Gasteiger partial charge on any atom is -0.469 e. The molecule has 15 heavy (non-hydrogen) atoms. The highest BCUT2D eigenvalue weighted by molar-refractivity contribution is 5.93. The Kier molecular flexibility index (Phi) is 3.15. The molecule has 1 N–H and O–H groups in total. The van der Waals surface area contributed by atoms with E-state index in [4.69, 9.17) is 9.68 Å². The van der Waals surface area contributed by atoms with Crippen LogP contribution in [0.2, 0.25) is 0 Å². The third-order valence-corrected chi connectivity index (χ3v) is 1.99. The molecule has 1 aromatic heterocycles. The smallest absolute Gasteiger partial charge is 0.254 e. The van der Waals surface area contributed by atoms with Crippen LogP contribution in [0.3, 0.4) is 0 Å². The maximum absolute atomic E-state index is 11.5. The molecule has 0 aromatic carbocycles. The molecule has 0 bridgehead atoms. The molecule has 0 saturated heterocycles. The van der Waals surface area contributed by atoms with Crippen molar-refractivity contribution in [2.75, 3.05) is 6.54 Å². The molecule has 0 fully saturated rings. The third-order valence-electron chi connectivity index (χ3n) is 1.99. The van der Waals surface area contributed by atoms with Crippen molar-refractivity contribution in [2.24, 2.45) is 5.41 Å². The molecule has 4 nitrogen and oxygen atoms in total. The number of nitriles is 1. The van der Waals surface area contributed by atoms with Crippen LogP contribution in [0.1, 0.15) is 30.0 Å². The highest BCUT2D eigenvalue weighted by Gasteiger charge is 2.18. The normalized spacial score (nSPS) is 10.8. The summed E-state index contributed by atoms with van der Waals surface area (Å²) in [5.41, 5.74) is -0.0599. The first kappa shape index (κ1) is 11.3. The van der Waals surface area contributed by atoms with Crippen molar-refractivity contribution in [1.29, 1.82) is 5.26 Å². The highest BCUT2D eigenvalue weighted by Crippen LogP contribution is 2.11. The maximum Gasteiger partial charge on any atom is 0.254 e. The first-order chi connectivity index (χ1) is 6.94. The summed E-state index contributed by atoms with van der Waals surface area (Å²) in [6.07, 6.45) is 1.41. The minimum atomic E-state index is -0.547. The number of aryl methyl sites for hydroxylation is 1. The molecule has 1 heterocycles. The van der Waals surface area contributed by atoms with Crippen molar-refractivity contribution in [3.05, 3.63) is 23.7 Å². The average molecular weight is 206 g/mol. The lowest BCUT2D eigenvalue weighted by molar-refractivity contribution is 0.0943. The molecular formula is C11H14N2O2. The van der Waals surface area contributed by atoms with Gasteiger partial charge in [-0.25, -0.2) is 0 Å². The second-order valence-corrected chi connectivity index (χ2v) is 4.12. The van der Waals surface area contributed by atoms with Crippen LogP contribution in [0, 0.1) is 23.7 Å². The van der Waals surface area contributed by atoms with Gasteiger partial charge >= 0.3 is 0 Å². The van der Waals surface area contributed by atoms with Crippen LogP contribution in [-0.2, 0) is 0 Å². The fraction of sp³-hybridized carbons (Fsp3) is 0.455. The summed E-state index contributed by atoms with van der Waals surface area (Å²) in [5.74, 6) is 0.481. The fourth-order valence-corrected chi connectivity index (χ4v) is 1.01. The number of nitrogens with zero attached hydrogens (tertiary/aromatic N) is 1. The molecule has 0 unspecified atom stereocenters. The number of hydrogen-bond acceptors (Lipinski definition) is 3. The van der Waals surface area contributed by atoms with Crippen LogP contribution >= 0.6 is 0 Å². The summed E-state index contributed by atoms with van der Waals surface area (Å²) >= 11 is 0. The molecule has 1 rings (SSSR count). The van der Waals surface area contributed by atoms with Gasteiger partial charge in [0.2, 0.25) is 0 Å². The van der Waals surface area contributed by atoms with Crippen LogP contribution < -0.4 is 5.32 Å². The predicted octanol–water partition coefficient (Wildman–Crippen LogP) is 1.87. The van der Waals surface area contributed by atoms with Gasteiger partial charge in [-0.2, -0.15) is 5.26 Å². The molecule has 0 radical (unpaired) electrons. The monoisotopic (exact) mass is 206 g/mol.